The summed E-state index contributed by atoms with van der Waals surface area (Å²) in [4.78, 5) is 25.1. The Morgan fingerprint density at radius 3 is 2.83 bits per heavy atom. The smallest absolute Gasteiger partial charge is 0.416 e. The Morgan fingerprint density at radius 2 is 2.06 bits per heavy atom. The molecule has 0 bridgehead atoms. The van der Waals surface area contributed by atoms with E-state index in [-0.39, 0.29) is 24.9 Å². The number of nitrogens with zero attached hydrogens (tertiary/aromatic N) is 2. The van der Waals surface area contributed by atoms with Crippen molar-refractivity contribution in [1.29, 1.82) is 0 Å². The van der Waals surface area contributed by atoms with Crippen molar-refractivity contribution in [2.45, 2.75) is 38.0 Å². The zero-order valence-electron chi connectivity index (χ0n) is 18.8. The van der Waals surface area contributed by atoms with Gasteiger partial charge in [0.05, 0.1) is 24.8 Å². The van der Waals surface area contributed by atoms with Crippen LogP contribution < -0.4 is 10.2 Å². The van der Waals surface area contributed by atoms with Crippen molar-refractivity contribution in [3.63, 3.8) is 0 Å². The number of cyclic esters (lactones) is 1. The summed E-state index contributed by atoms with van der Waals surface area (Å²) < 4.78 is 50.8. The van der Waals surface area contributed by atoms with E-state index < -0.39 is 23.9 Å². The number of hydrogen-bond donors (Lipinski definition) is 1. The molecule has 2 heterocycles. The van der Waals surface area contributed by atoms with E-state index in [0.717, 1.165) is 22.8 Å². The van der Waals surface area contributed by atoms with Gasteiger partial charge in [-0.2, -0.15) is 13.2 Å². The first-order valence-electron chi connectivity index (χ1n) is 11.2. The van der Waals surface area contributed by atoms with Crippen molar-refractivity contribution >= 4 is 17.7 Å². The van der Waals surface area contributed by atoms with E-state index in [1.807, 2.05) is 12.1 Å². The van der Waals surface area contributed by atoms with Crippen LogP contribution >= 0.6 is 0 Å². The topological polar surface area (TPSA) is 84.7 Å². The summed E-state index contributed by atoms with van der Waals surface area (Å²) in [5.74, 6) is -0.0186. The van der Waals surface area contributed by atoms with Crippen LogP contribution in [0.3, 0.4) is 0 Å². The number of carbonyl (C=O) groups excluding carboxylic acids is 2. The van der Waals surface area contributed by atoms with Gasteiger partial charge in [-0.3, -0.25) is 9.69 Å². The summed E-state index contributed by atoms with van der Waals surface area (Å²) in [6.45, 7) is 1.91. The van der Waals surface area contributed by atoms with Gasteiger partial charge in [0.25, 0.3) is 0 Å². The van der Waals surface area contributed by atoms with Gasteiger partial charge in [0.1, 0.15) is 6.10 Å². The van der Waals surface area contributed by atoms with Crippen LogP contribution in [0.4, 0.5) is 23.7 Å². The van der Waals surface area contributed by atoms with Gasteiger partial charge in [0.2, 0.25) is 5.91 Å². The van der Waals surface area contributed by atoms with Gasteiger partial charge in [-0.1, -0.05) is 23.4 Å². The predicted molar refractivity (Wildman–Crippen MR) is 120 cm³/mol. The van der Waals surface area contributed by atoms with Crippen LogP contribution in [0.1, 0.15) is 41.5 Å². The second kappa shape index (κ2) is 8.75. The normalized spacial score (nSPS) is 19.5. The SMILES string of the molecule is CC(=O)NC[C@H]1CN(c2ccc3c(c2)CCC(c2cccc(C(F)(F)F)c2)c2cnoc2-3)C(=O)O1. The summed E-state index contributed by atoms with van der Waals surface area (Å²) >= 11 is 0. The maximum absolute atomic E-state index is 13.3. The molecular formula is C25H22F3N3O4. The number of amides is 2. The summed E-state index contributed by atoms with van der Waals surface area (Å²) in [5, 5.41) is 6.58. The quantitative estimate of drug-likeness (QED) is 0.568. The minimum atomic E-state index is -4.43. The van der Waals surface area contributed by atoms with E-state index in [0.29, 0.717) is 29.9 Å². The minimum absolute atomic E-state index is 0.206. The maximum atomic E-state index is 13.3. The fraction of sp³-hybridized carbons (Fsp3) is 0.320. The van der Waals surface area contributed by atoms with Gasteiger partial charge in [-0.05, 0) is 48.2 Å². The lowest BCUT2D eigenvalue weighted by atomic mass is 9.88. The molecule has 182 valence electrons. The Morgan fingerprint density at radius 1 is 1.23 bits per heavy atom. The molecule has 1 fully saturated rings. The molecule has 1 N–H and O–H groups in total. The van der Waals surface area contributed by atoms with Gasteiger partial charge in [0.15, 0.2) is 5.76 Å². The molecule has 0 radical (unpaired) electrons. The third kappa shape index (κ3) is 4.48. The molecule has 1 aromatic heterocycles. The van der Waals surface area contributed by atoms with E-state index in [1.165, 1.54) is 24.0 Å². The van der Waals surface area contributed by atoms with Crippen LogP contribution in [0.2, 0.25) is 0 Å². The molecule has 35 heavy (non-hydrogen) atoms. The van der Waals surface area contributed by atoms with Gasteiger partial charge < -0.3 is 14.6 Å². The summed E-state index contributed by atoms with van der Waals surface area (Å²) in [5.41, 5.74) is 2.90. The highest BCUT2D eigenvalue weighted by atomic mass is 19.4. The average Bonchev–Trinajstić information content (AvgIpc) is 3.41. The monoisotopic (exact) mass is 485 g/mol. The Balaban J connectivity index is 1.43. The first-order chi connectivity index (χ1) is 16.7. The fourth-order valence-electron chi connectivity index (χ4n) is 4.71. The van der Waals surface area contributed by atoms with Crippen molar-refractivity contribution in [3.05, 3.63) is 70.9 Å². The number of fused-ring (bicyclic) bond motifs is 3. The second-order valence-corrected chi connectivity index (χ2v) is 8.72. The van der Waals surface area contributed by atoms with E-state index >= 15 is 0 Å². The lowest BCUT2D eigenvalue weighted by molar-refractivity contribution is -0.137. The number of hydrogen-bond acceptors (Lipinski definition) is 5. The Hall–Kier alpha value is -3.82. The lowest BCUT2D eigenvalue weighted by Crippen LogP contribution is -2.33. The van der Waals surface area contributed by atoms with Crippen LogP contribution in [-0.4, -0.2) is 36.4 Å². The molecular weight excluding hydrogens is 463 g/mol. The van der Waals surface area contributed by atoms with Crippen LogP contribution in [0.5, 0.6) is 0 Å². The van der Waals surface area contributed by atoms with Gasteiger partial charge in [0, 0.05) is 29.7 Å². The molecule has 2 aromatic carbocycles. The van der Waals surface area contributed by atoms with Gasteiger partial charge >= 0.3 is 12.3 Å². The molecule has 0 spiro atoms. The zero-order valence-corrected chi connectivity index (χ0v) is 18.8. The summed E-state index contributed by atoms with van der Waals surface area (Å²) in [6.07, 6.45) is -2.73. The standard InChI is InChI=1S/C25H22F3N3O4/c1-14(32)29-11-19-13-31(24(33)34-19)18-6-8-21-16(10-18)5-7-20(22-12-30-35-23(21)22)15-3-2-4-17(9-15)25(26,27)28/h2-4,6,8-10,12,19-20H,5,7,11,13H2,1H3,(H,29,32)/t19-,20?/m0/s1. The van der Waals surface area contributed by atoms with E-state index in [1.54, 1.807) is 18.3 Å². The zero-order chi connectivity index (χ0) is 24.7. The molecule has 0 saturated carbocycles. The third-order valence-corrected chi connectivity index (χ3v) is 6.39. The van der Waals surface area contributed by atoms with Gasteiger partial charge in [-0.15, -0.1) is 0 Å². The van der Waals surface area contributed by atoms with Crippen LogP contribution in [0.15, 0.2) is 53.2 Å². The molecule has 1 unspecified atom stereocenters. The lowest BCUT2D eigenvalue weighted by Gasteiger charge is -2.17. The number of benzene rings is 2. The number of anilines is 1. The second-order valence-electron chi connectivity index (χ2n) is 8.72. The molecule has 3 aromatic rings. The first kappa shape index (κ1) is 22.9. The number of carbonyl (C=O) groups is 2. The van der Waals surface area contributed by atoms with Crippen molar-refractivity contribution in [2.75, 3.05) is 18.0 Å². The molecule has 1 saturated heterocycles. The number of aryl methyl sites for hydroxylation is 1. The van der Waals surface area contributed by atoms with E-state index in [2.05, 4.69) is 10.5 Å². The summed E-state index contributed by atoms with van der Waals surface area (Å²) in [6, 6.07) is 10.8. The number of alkyl halides is 3. The maximum Gasteiger partial charge on any atom is 0.416 e. The first-order valence-corrected chi connectivity index (χ1v) is 11.2. The molecule has 2 atom stereocenters. The molecule has 1 aliphatic carbocycles. The van der Waals surface area contributed by atoms with Crippen LogP contribution in [-0.2, 0) is 22.1 Å². The van der Waals surface area contributed by atoms with Crippen LogP contribution in [0.25, 0.3) is 11.3 Å². The predicted octanol–water partition coefficient (Wildman–Crippen LogP) is 4.90. The van der Waals surface area contributed by atoms with Crippen molar-refractivity contribution in [2.24, 2.45) is 0 Å². The number of halogens is 3. The highest BCUT2D eigenvalue weighted by molar-refractivity contribution is 5.90. The highest BCUT2D eigenvalue weighted by Gasteiger charge is 2.35. The fourth-order valence-corrected chi connectivity index (χ4v) is 4.71. The summed E-state index contributed by atoms with van der Waals surface area (Å²) in [7, 11) is 0. The molecule has 2 aliphatic rings. The number of rotatable bonds is 4. The Kier molecular flexibility index (Phi) is 5.74. The molecule has 2 amide bonds. The minimum Gasteiger partial charge on any atom is -0.442 e. The number of nitrogens with one attached hydrogen (secondary N) is 1. The van der Waals surface area contributed by atoms with E-state index in [9.17, 15) is 22.8 Å². The Labute approximate surface area is 198 Å². The van der Waals surface area contributed by atoms with Crippen molar-refractivity contribution in [3.8, 4) is 11.3 Å². The largest absolute Gasteiger partial charge is 0.442 e. The molecule has 5 rings (SSSR count). The molecule has 1 aliphatic heterocycles. The van der Waals surface area contributed by atoms with E-state index in [4.69, 9.17) is 9.26 Å². The molecule has 10 heteroatoms. The number of ether oxygens (including phenoxy) is 1. The highest BCUT2D eigenvalue weighted by Crippen LogP contribution is 2.43. The average molecular weight is 485 g/mol. The van der Waals surface area contributed by atoms with Crippen molar-refractivity contribution in [1.82, 2.24) is 10.5 Å². The third-order valence-electron chi connectivity index (χ3n) is 6.39. The van der Waals surface area contributed by atoms with Crippen molar-refractivity contribution < 1.29 is 32.0 Å². The number of aromatic nitrogens is 1. The Bertz CT molecular complexity index is 1290. The van der Waals surface area contributed by atoms with Crippen LogP contribution in [0, 0.1) is 0 Å². The van der Waals surface area contributed by atoms with Gasteiger partial charge in [-0.25, -0.2) is 4.79 Å². The molecule has 7 nitrogen and oxygen atoms in total.